The van der Waals surface area contributed by atoms with Gasteiger partial charge in [0.05, 0.1) is 18.3 Å². The summed E-state index contributed by atoms with van der Waals surface area (Å²) in [6.07, 6.45) is 2.97. The maximum atomic E-state index is 12.0. The molecular formula is C9H16NO3PS. The third kappa shape index (κ3) is 4.51. The lowest BCUT2D eigenvalue weighted by atomic mass is 10.5. The van der Waals surface area contributed by atoms with E-state index in [1.54, 1.807) is 25.6 Å². The minimum atomic E-state index is -3.00. The molecule has 0 saturated carbocycles. The molecule has 4 nitrogen and oxygen atoms in total. The largest absolute Gasteiger partial charge is 0.351 e. The van der Waals surface area contributed by atoms with Crippen LogP contribution in [0.4, 0.5) is 0 Å². The molecule has 1 aliphatic heterocycles. The van der Waals surface area contributed by atoms with E-state index in [2.05, 4.69) is 4.99 Å². The zero-order chi connectivity index (χ0) is 11.1. The van der Waals surface area contributed by atoms with Crippen LogP contribution >= 0.6 is 19.4 Å². The number of hydrogen-bond donors (Lipinski definition) is 0. The summed E-state index contributed by atoms with van der Waals surface area (Å²) in [5, 5.41) is 2.94. The van der Waals surface area contributed by atoms with Gasteiger partial charge in [-0.15, -0.1) is 0 Å². The monoisotopic (exact) mass is 249 g/mol. The molecule has 0 aliphatic carbocycles. The fraction of sp³-hybridized carbons (Fsp3) is 0.667. The summed E-state index contributed by atoms with van der Waals surface area (Å²) in [7, 11) is -3.00. The van der Waals surface area contributed by atoms with E-state index in [9.17, 15) is 4.57 Å². The number of hydrogen-bond acceptors (Lipinski definition) is 5. The van der Waals surface area contributed by atoms with E-state index in [4.69, 9.17) is 9.05 Å². The topological polar surface area (TPSA) is 47.9 Å². The van der Waals surface area contributed by atoms with Crippen LogP contribution in [0.1, 0.15) is 20.3 Å². The molecule has 0 spiro atoms. The molecule has 0 atom stereocenters. The van der Waals surface area contributed by atoms with Crippen molar-refractivity contribution in [3.63, 3.8) is 0 Å². The first-order valence-corrected chi connectivity index (χ1v) is 7.54. The Kier molecular flexibility index (Phi) is 5.61. The van der Waals surface area contributed by atoms with Gasteiger partial charge in [-0.2, -0.15) is 0 Å². The maximum absolute atomic E-state index is 12.0. The van der Waals surface area contributed by atoms with Crippen LogP contribution < -0.4 is 0 Å². The minimum Gasteiger partial charge on any atom is -0.308 e. The SMILES string of the molecule is CCOP(=O)(C/N=C1/CC=CS1)OCC. The van der Waals surface area contributed by atoms with Crippen molar-refractivity contribution >= 4 is 24.4 Å². The molecule has 0 unspecified atom stereocenters. The quantitative estimate of drug-likeness (QED) is 0.678. The van der Waals surface area contributed by atoms with Crippen molar-refractivity contribution in [2.75, 3.05) is 19.5 Å². The summed E-state index contributed by atoms with van der Waals surface area (Å²) in [6, 6.07) is 0. The zero-order valence-electron chi connectivity index (χ0n) is 9.01. The van der Waals surface area contributed by atoms with E-state index >= 15 is 0 Å². The molecule has 15 heavy (non-hydrogen) atoms. The van der Waals surface area contributed by atoms with Crippen LogP contribution in [0.25, 0.3) is 0 Å². The van der Waals surface area contributed by atoms with E-state index in [-0.39, 0.29) is 6.29 Å². The third-order valence-corrected chi connectivity index (χ3v) is 4.35. The number of allylic oxidation sites excluding steroid dienone is 1. The first kappa shape index (κ1) is 13.0. The summed E-state index contributed by atoms with van der Waals surface area (Å²) in [4.78, 5) is 4.24. The van der Waals surface area contributed by atoms with E-state index < -0.39 is 7.60 Å². The molecular weight excluding hydrogens is 233 g/mol. The highest BCUT2D eigenvalue weighted by Gasteiger charge is 2.23. The average Bonchev–Trinajstić information content (AvgIpc) is 2.68. The first-order valence-electron chi connectivity index (χ1n) is 4.93. The highest BCUT2D eigenvalue weighted by Crippen LogP contribution is 2.48. The fourth-order valence-corrected chi connectivity index (χ4v) is 3.25. The van der Waals surface area contributed by atoms with Gasteiger partial charge in [0.15, 0.2) is 0 Å². The predicted octanol–water partition coefficient (Wildman–Crippen LogP) is 3.26. The van der Waals surface area contributed by atoms with Crippen molar-refractivity contribution in [3.8, 4) is 0 Å². The van der Waals surface area contributed by atoms with Gasteiger partial charge in [0.2, 0.25) is 0 Å². The summed E-state index contributed by atoms with van der Waals surface area (Å²) in [6.45, 7) is 4.36. The number of thioether (sulfide) groups is 1. The van der Waals surface area contributed by atoms with Gasteiger partial charge in [0.25, 0.3) is 0 Å². The van der Waals surface area contributed by atoms with Crippen molar-refractivity contribution in [2.45, 2.75) is 20.3 Å². The molecule has 1 rings (SSSR count). The fourth-order valence-electron chi connectivity index (χ4n) is 1.10. The van der Waals surface area contributed by atoms with Gasteiger partial charge < -0.3 is 9.05 Å². The number of nitrogens with zero attached hydrogens (tertiary/aromatic N) is 1. The van der Waals surface area contributed by atoms with Crippen molar-refractivity contribution in [2.24, 2.45) is 4.99 Å². The van der Waals surface area contributed by atoms with Gasteiger partial charge in [-0.25, -0.2) is 0 Å². The van der Waals surface area contributed by atoms with Crippen LogP contribution in [0.3, 0.4) is 0 Å². The second kappa shape index (κ2) is 6.48. The summed E-state index contributed by atoms with van der Waals surface area (Å²) in [5.74, 6) is 0. The van der Waals surface area contributed by atoms with Gasteiger partial charge in [0, 0.05) is 6.42 Å². The van der Waals surface area contributed by atoms with Gasteiger partial charge in [-0.05, 0) is 19.3 Å². The lowest BCUT2D eigenvalue weighted by Crippen LogP contribution is -2.00. The molecule has 0 aromatic rings. The number of aliphatic imine (C=N–C) groups is 1. The molecule has 86 valence electrons. The van der Waals surface area contributed by atoms with Crippen LogP contribution in [0, 0.1) is 0 Å². The van der Waals surface area contributed by atoms with Gasteiger partial charge in [-0.3, -0.25) is 9.56 Å². The Morgan fingerprint density at radius 3 is 2.60 bits per heavy atom. The van der Waals surface area contributed by atoms with Crippen LogP contribution in [-0.4, -0.2) is 24.5 Å². The molecule has 0 radical (unpaired) electrons. The Bertz CT molecular complexity index is 284. The third-order valence-electron chi connectivity index (χ3n) is 1.66. The van der Waals surface area contributed by atoms with E-state index in [0.29, 0.717) is 13.2 Å². The Labute approximate surface area is 94.7 Å². The molecule has 1 aliphatic rings. The molecule has 1 heterocycles. The van der Waals surface area contributed by atoms with Crippen molar-refractivity contribution in [1.29, 1.82) is 0 Å². The number of rotatable bonds is 6. The zero-order valence-corrected chi connectivity index (χ0v) is 10.7. The summed E-state index contributed by atoms with van der Waals surface area (Å²) >= 11 is 1.56. The second-order valence-electron chi connectivity index (χ2n) is 2.83. The van der Waals surface area contributed by atoms with Gasteiger partial charge in [0.1, 0.15) is 6.29 Å². The summed E-state index contributed by atoms with van der Waals surface area (Å²) < 4.78 is 22.2. The van der Waals surface area contributed by atoms with Crippen molar-refractivity contribution in [1.82, 2.24) is 0 Å². The van der Waals surface area contributed by atoms with Gasteiger partial charge in [-0.1, -0.05) is 17.8 Å². The summed E-state index contributed by atoms with van der Waals surface area (Å²) in [5.41, 5.74) is 0. The van der Waals surface area contributed by atoms with Gasteiger partial charge >= 0.3 is 7.60 Å². The molecule has 0 saturated heterocycles. The first-order chi connectivity index (χ1) is 7.20. The van der Waals surface area contributed by atoms with Crippen LogP contribution in [0.2, 0.25) is 0 Å². The van der Waals surface area contributed by atoms with Crippen molar-refractivity contribution in [3.05, 3.63) is 11.5 Å². The molecule has 0 aromatic heterocycles. The predicted molar refractivity (Wildman–Crippen MR) is 64.5 cm³/mol. The lowest BCUT2D eigenvalue weighted by Gasteiger charge is -2.14. The van der Waals surface area contributed by atoms with E-state index in [1.165, 1.54) is 0 Å². The molecule has 0 aromatic carbocycles. The lowest BCUT2D eigenvalue weighted by molar-refractivity contribution is 0.221. The normalized spacial score (nSPS) is 18.9. The molecule has 0 bridgehead atoms. The Morgan fingerprint density at radius 2 is 2.13 bits per heavy atom. The second-order valence-corrected chi connectivity index (χ2v) is 5.83. The minimum absolute atomic E-state index is 0.124. The highest BCUT2D eigenvalue weighted by atomic mass is 32.2. The van der Waals surface area contributed by atoms with Crippen LogP contribution in [0.15, 0.2) is 16.5 Å². The Hall–Kier alpha value is -0.0900. The molecule has 6 heteroatoms. The van der Waals surface area contributed by atoms with Crippen LogP contribution in [-0.2, 0) is 13.6 Å². The Balaban J connectivity index is 2.50. The van der Waals surface area contributed by atoms with Crippen LogP contribution in [0.5, 0.6) is 0 Å². The molecule has 0 fully saturated rings. The Morgan fingerprint density at radius 1 is 1.47 bits per heavy atom. The van der Waals surface area contributed by atoms with E-state index in [0.717, 1.165) is 11.5 Å². The molecule has 0 N–H and O–H groups in total. The highest BCUT2D eigenvalue weighted by molar-refractivity contribution is 8.16. The standard InChI is InChI=1S/C9H16NO3PS/c1-3-12-14(11,13-4-2)8-10-9-6-5-7-15-9/h5,7H,3-4,6,8H2,1-2H3/b10-9-. The maximum Gasteiger partial charge on any atom is 0.351 e. The molecule has 0 amide bonds. The average molecular weight is 249 g/mol. The smallest absolute Gasteiger partial charge is 0.308 e. The van der Waals surface area contributed by atoms with Crippen molar-refractivity contribution < 1.29 is 13.6 Å². The van der Waals surface area contributed by atoms with E-state index in [1.807, 2.05) is 11.5 Å².